The Labute approximate surface area is 67.4 Å². The minimum atomic E-state index is -0.571. The molecule has 0 fully saturated rings. The molecule has 3 heteroatoms. The zero-order valence-electron chi connectivity index (χ0n) is 6.80. The van der Waals surface area contributed by atoms with Crippen LogP contribution in [0, 0.1) is 22.7 Å². The number of hydrogen-bond donors (Lipinski definition) is 1. The van der Waals surface area contributed by atoms with Crippen LogP contribution in [0.15, 0.2) is 0 Å². The fourth-order valence-electron chi connectivity index (χ4n) is 1.05. The van der Waals surface area contributed by atoms with Crippen molar-refractivity contribution in [2.75, 3.05) is 0 Å². The Morgan fingerprint density at radius 2 is 1.73 bits per heavy atom. The van der Waals surface area contributed by atoms with Crippen LogP contribution < -0.4 is 5.73 Å². The Balaban J connectivity index is 4.05. The zero-order chi connectivity index (χ0) is 8.74. The van der Waals surface area contributed by atoms with Crippen molar-refractivity contribution in [1.82, 2.24) is 0 Å². The summed E-state index contributed by atoms with van der Waals surface area (Å²) in [6, 6.07) is 4.00. The normalized spacial score (nSPS) is 10.2. The van der Waals surface area contributed by atoms with E-state index < -0.39 is 5.54 Å². The Hall–Kier alpha value is -1.06. The van der Waals surface area contributed by atoms with Crippen molar-refractivity contribution in [1.29, 1.82) is 10.5 Å². The molecule has 0 rings (SSSR count). The van der Waals surface area contributed by atoms with Gasteiger partial charge < -0.3 is 5.73 Å². The summed E-state index contributed by atoms with van der Waals surface area (Å²) in [5.74, 6) is 0. The first-order valence-electron chi connectivity index (χ1n) is 3.71. The van der Waals surface area contributed by atoms with Gasteiger partial charge in [0.15, 0.2) is 0 Å². The summed E-state index contributed by atoms with van der Waals surface area (Å²) in [5.41, 5.74) is 5.21. The number of nitrogens with two attached hydrogens (primary N) is 1. The second-order valence-electron chi connectivity index (χ2n) is 2.78. The SMILES string of the molecule is CCCC(N)(CC#N)CC#N. The monoisotopic (exact) mass is 151 g/mol. The molecule has 0 unspecified atom stereocenters. The van der Waals surface area contributed by atoms with Gasteiger partial charge in [-0.3, -0.25) is 0 Å². The van der Waals surface area contributed by atoms with Gasteiger partial charge in [0.25, 0.3) is 0 Å². The van der Waals surface area contributed by atoms with Crippen molar-refractivity contribution in [3.63, 3.8) is 0 Å². The molecule has 0 atom stereocenters. The first-order chi connectivity index (χ1) is 5.18. The van der Waals surface area contributed by atoms with E-state index >= 15 is 0 Å². The van der Waals surface area contributed by atoms with Gasteiger partial charge in [0, 0.05) is 5.54 Å². The molecule has 0 aliphatic carbocycles. The van der Waals surface area contributed by atoms with Crippen LogP contribution in [0.2, 0.25) is 0 Å². The fraction of sp³-hybridized carbons (Fsp3) is 0.750. The molecule has 60 valence electrons. The summed E-state index contributed by atoms with van der Waals surface area (Å²) < 4.78 is 0. The third-order valence-corrected chi connectivity index (χ3v) is 1.61. The first kappa shape index (κ1) is 9.94. The standard InChI is InChI=1S/C8H13N3/c1-2-3-8(11,4-6-9)5-7-10/h2-5,11H2,1H3. The highest BCUT2D eigenvalue weighted by atomic mass is 14.7. The van der Waals surface area contributed by atoms with E-state index in [1.54, 1.807) is 0 Å². The summed E-state index contributed by atoms with van der Waals surface area (Å²) in [6.07, 6.45) is 2.21. The minimum absolute atomic E-state index is 0.272. The summed E-state index contributed by atoms with van der Waals surface area (Å²) in [4.78, 5) is 0. The highest BCUT2D eigenvalue weighted by Gasteiger charge is 2.22. The quantitative estimate of drug-likeness (QED) is 0.658. The van der Waals surface area contributed by atoms with E-state index in [1.165, 1.54) is 0 Å². The Kier molecular flexibility index (Phi) is 4.26. The molecule has 0 aromatic rings. The van der Waals surface area contributed by atoms with Gasteiger partial charge in [0.05, 0.1) is 25.0 Å². The van der Waals surface area contributed by atoms with Crippen molar-refractivity contribution >= 4 is 0 Å². The van der Waals surface area contributed by atoms with Crippen molar-refractivity contribution in [2.24, 2.45) is 5.73 Å². The minimum Gasteiger partial charge on any atom is -0.323 e. The van der Waals surface area contributed by atoms with E-state index in [1.807, 2.05) is 19.1 Å². The number of nitriles is 2. The number of hydrogen-bond acceptors (Lipinski definition) is 3. The Morgan fingerprint density at radius 3 is 2.00 bits per heavy atom. The van der Waals surface area contributed by atoms with E-state index in [-0.39, 0.29) is 12.8 Å². The summed E-state index contributed by atoms with van der Waals surface area (Å²) in [5, 5.41) is 16.8. The predicted octanol–water partition coefficient (Wildman–Crippen LogP) is 1.31. The average Bonchev–Trinajstić information content (AvgIpc) is 1.88. The van der Waals surface area contributed by atoms with E-state index in [0.29, 0.717) is 0 Å². The second kappa shape index (κ2) is 4.71. The second-order valence-corrected chi connectivity index (χ2v) is 2.78. The molecule has 11 heavy (non-hydrogen) atoms. The lowest BCUT2D eigenvalue weighted by Crippen LogP contribution is -2.38. The van der Waals surface area contributed by atoms with E-state index in [0.717, 1.165) is 12.8 Å². The lowest BCUT2D eigenvalue weighted by atomic mass is 9.89. The van der Waals surface area contributed by atoms with Crippen molar-refractivity contribution < 1.29 is 0 Å². The van der Waals surface area contributed by atoms with Crippen LogP contribution in [0.3, 0.4) is 0 Å². The van der Waals surface area contributed by atoms with Crippen LogP contribution in [-0.2, 0) is 0 Å². The lowest BCUT2D eigenvalue weighted by molar-refractivity contribution is 0.404. The van der Waals surface area contributed by atoms with Crippen LogP contribution in [0.25, 0.3) is 0 Å². The maximum absolute atomic E-state index is 8.42. The van der Waals surface area contributed by atoms with Crippen molar-refractivity contribution in [3.05, 3.63) is 0 Å². The summed E-state index contributed by atoms with van der Waals surface area (Å²) in [6.45, 7) is 2.00. The highest BCUT2D eigenvalue weighted by Crippen LogP contribution is 2.17. The third kappa shape index (κ3) is 3.60. The first-order valence-corrected chi connectivity index (χ1v) is 3.71. The maximum atomic E-state index is 8.42. The number of rotatable bonds is 4. The molecular weight excluding hydrogens is 138 g/mol. The average molecular weight is 151 g/mol. The smallest absolute Gasteiger partial charge is 0.0641 e. The van der Waals surface area contributed by atoms with Gasteiger partial charge in [-0.1, -0.05) is 13.3 Å². The molecule has 0 saturated heterocycles. The van der Waals surface area contributed by atoms with E-state index in [4.69, 9.17) is 16.3 Å². The molecule has 0 saturated carbocycles. The van der Waals surface area contributed by atoms with Crippen LogP contribution >= 0.6 is 0 Å². The van der Waals surface area contributed by atoms with Gasteiger partial charge in [0.1, 0.15) is 0 Å². The van der Waals surface area contributed by atoms with Gasteiger partial charge in [-0.15, -0.1) is 0 Å². The molecule has 0 aliphatic heterocycles. The lowest BCUT2D eigenvalue weighted by Gasteiger charge is -2.22. The van der Waals surface area contributed by atoms with E-state index in [2.05, 4.69) is 0 Å². The van der Waals surface area contributed by atoms with Crippen LogP contribution in [0.1, 0.15) is 32.6 Å². The Morgan fingerprint density at radius 1 is 1.27 bits per heavy atom. The molecule has 0 aliphatic rings. The van der Waals surface area contributed by atoms with Gasteiger partial charge in [0.2, 0.25) is 0 Å². The molecule has 3 nitrogen and oxygen atoms in total. The van der Waals surface area contributed by atoms with Crippen molar-refractivity contribution in [3.8, 4) is 12.1 Å². The molecular formula is C8H13N3. The topological polar surface area (TPSA) is 73.6 Å². The molecule has 0 bridgehead atoms. The zero-order valence-corrected chi connectivity index (χ0v) is 6.80. The molecule has 0 spiro atoms. The van der Waals surface area contributed by atoms with E-state index in [9.17, 15) is 0 Å². The van der Waals surface area contributed by atoms with Gasteiger partial charge in [-0.05, 0) is 6.42 Å². The van der Waals surface area contributed by atoms with Crippen LogP contribution in [-0.4, -0.2) is 5.54 Å². The maximum Gasteiger partial charge on any atom is 0.0641 e. The summed E-state index contributed by atoms with van der Waals surface area (Å²) in [7, 11) is 0. The molecule has 0 amide bonds. The Bertz CT molecular complexity index is 168. The predicted molar refractivity (Wildman–Crippen MR) is 42.3 cm³/mol. The fourth-order valence-corrected chi connectivity index (χ4v) is 1.05. The number of nitrogens with zero attached hydrogens (tertiary/aromatic N) is 2. The molecule has 2 N–H and O–H groups in total. The van der Waals surface area contributed by atoms with Crippen molar-refractivity contribution in [2.45, 2.75) is 38.1 Å². The van der Waals surface area contributed by atoms with Crippen LogP contribution in [0.5, 0.6) is 0 Å². The van der Waals surface area contributed by atoms with Gasteiger partial charge in [-0.2, -0.15) is 10.5 Å². The van der Waals surface area contributed by atoms with Crippen LogP contribution in [0.4, 0.5) is 0 Å². The van der Waals surface area contributed by atoms with Gasteiger partial charge >= 0.3 is 0 Å². The molecule has 0 heterocycles. The highest BCUT2D eigenvalue weighted by molar-refractivity contribution is 4.98. The van der Waals surface area contributed by atoms with Gasteiger partial charge in [-0.25, -0.2) is 0 Å². The largest absolute Gasteiger partial charge is 0.323 e. The molecule has 0 aromatic carbocycles. The summed E-state index contributed by atoms with van der Waals surface area (Å²) >= 11 is 0. The molecule has 0 aromatic heterocycles. The molecule has 0 radical (unpaired) electrons. The third-order valence-electron chi connectivity index (χ3n) is 1.61.